The van der Waals surface area contributed by atoms with Crippen LogP contribution in [0.1, 0.15) is 16.1 Å². The van der Waals surface area contributed by atoms with Gasteiger partial charge in [0.05, 0.1) is 16.0 Å². The summed E-state index contributed by atoms with van der Waals surface area (Å²) in [5.74, 6) is 0.418. The Bertz CT molecular complexity index is 934. The van der Waals surface area contributed by atoms with Crippen molar-refractivity contribution in [3.8, 4) is 6.07 Å². The van der Waals surface area contributed by atoms with Crippen molar-refractivity contribution in [2.24, 2.45) is 0 Å². The van der Waals surface area contributed by atoms with Crippen molar-refractivity contribution in [2.45, 2.75) is 18.7 Å². The van der Waals surface area contributed by atoms with E-state index in [-0.39, 0.29) is 11.3 Å². The Kier molecular flexibility index (Phi) is 4.89. The molecule has 3 aromatic rings. The Balaban J connectivity index is 1.84. The van der Waals surface area contributed by atoms with Gasteiger partial charge in [-0.1, -0.05) is 18.2 Å². The average molecular weight is 352 g/mol. The van der Waals surface area contributed by atoms with Crippen molar-refractivity contribution >= 4 is 38.9 Å². The van der Waals surface area contributed by atoms with E-state index < -0.39 is 0 Å². The van der Waals surface area contributed by atoms with Crippen LogP contribution >= 0.6 is 23.1 Å². The Morgan fingerprint density at radius 3 is 2.71 bits per heavy atom. The van der Waals surface area contributed by atoms with Gasteiger partial charge in [-0.15, -0.1) is 23.1 Å². The quantitative estimate of drug-likeness (QED) is 0.383. The third-order valence-corrected chi connectivity index (χ3v) is 5.82. The minimum Gasteiger partial charge on any atom is -0.510 e. The average Bonchev–Trinajstić information content (AvgIpc) is 3.00. The lowest BCUT2D eigenvalue weighted by atomic mass is 10.1. The Morgan fingerprint density at radius 1 is 1.21 bits per heavy atom. The number of hydrogen-bond acceptors (Lipinski definition) is 5. The number of hydrogen-bond donors (Lipinski definition) is 1. The second-order valence-corrected chi connectivity index (χ2v) is 7.53. The van der Waals surface area contributed by atoms with Gasteiger partial charge < -0.3 is 5.11 Å². The molecule has 0 radical (unpaired) electrons. The number of allylic oxidation sites excluding steroid dienone is 1. The highest BCUT2D eigenvalue weighted by atomic mass is 32.2. The van der Waals surface area contributed by atoms with Crippen LogP contribution in [0.2, 0.25) is 0 Å². The van der Waals surface area contributed by atoms with Gasteiger partial charge in [0.1, 0.15) is 22.4 Å². The van der Waals surface area contributed by atoms with Gasteiger partial charge in [0.15, 0.2) is 0 Å². The zero-order valence-corrected chi connectivity index (χ0v) is 15.0. The van der Waals surface area contributed by atoms with Crippen LogP contribution in [0.15, 0.2) is 53.1 Å². The van der Waals surface area contributed by atoms with Gasteiger partial charge in [0.25, 0.3) is 0 Å². The molecule has 120 valence electrons. The molecule has 0 saturated carbocycles. The van der Waals surface area contributed by atoms with Crippen LogP contribution in [0, 0.1) is 25.2 Å². The van der Waals surface area contributed by atoms with E-state index in [1.165, 1.54) is 34.2 Å². The van der Waals surface area contributed by atoms with Crippen molar-refractivity contribution in [2.75, 3.05) is 5.75 Å². The predicted molar refractivity (Wildman–Crippen MR) is 101 cm³/mol. The molecule has 0 fully saturated rings. The standard InChI is InChI=1S/C19H16N2OS2/c1-12-7-8-14(9-13(12)2)23-11-17(22)15(10-20)19-21-16-5-3-4-6-18(16)24-19/h3-9,22H,11H2,1-2H3/b17-15-. The molecule has 5 heteroatoms. The number of rotatable bonds is 4. The molecule has 0 amide bonds. The number of nitriles is 1. The number of benzene rings is 2. The molecule has 3 nitrogen and oxygen atoms in total. The molecule has 1 heterocycles. The molecule has 24 heavy (non-hydrogen) atoms. The minimum atomic E-state index is 0.0692. The van der Waals surface area contributed by atoms with E-state index in [4.69, 9.17) is 0 Å². The number of aromatic nitrogens is 1. The first kappa shape index (κ1) is 16.6. The van der Waals surface area contributed by atoms with E-state index in [9.17, 15) is 10.4 Å². The highest BCUT2D eigenvalue weighted by Gasteiger charge is 2.14. The summed E-state index contributed by atoms with van der Waals surface area (Å²) in [6.45, 7) is 4.14. The van der Waals surface area contributed by atoms with Crippen LogP contribution in [0.25, 0.3) is 15.8 Å². The fourth-order valence-corrected chi connectivity index (χ4v) is 4.10. The number of aliphatic hydroxyl groups is 1. The maximum Gasteiger partial charge on any atom is 0.138 e. The molecule has 1 aromatic heterocycles. The van der Waals surface area contributed by atoms with Crippen LogP contribution in [0.4, 0.5) is 0 Å². The molecule has 1 N–H and O–H groups in total. The minimum absolute atomic E-state index is 0.0692. The summed E-state index contributed by atoms with van der Waals surface area (Å²) in [6, 6.07) is 16.0. The van der Waals surface area contributed by atoms with Crippen LogP contribution in [0.5, 0.6) is 0 Å². The lowest BCUT2D eigenvalue weighted by molar-refractivity contribution is 0.421. The van der Waals surface area contributed by atoms with E-state index in [0.717, 1.165) is 15.1 Å². The van der Waals surface area contributed by atoms with E-state index in [0.29, 0.717) is 10.8 Å². The largest absolute Gasteiger partial charge is 0.510 e. The maximum atomic E-state index is 10.4. The monoisotopic (exact) mass is 352 g/mol. The Labute approximate surface area is 149 Å². The van der Waals surface area contributed by atoms with Crippen LogP contribution in [-0.4, -0.2) is 15.8 Å². The first-order valence-electron chi connectivity index (χ1n) is 7.46. The van der Waals surface area contributed by atoms with E-state index >= 15 is 0 Å². The SMILES string of the molecule is Cc1ccc(SC/C(O)=C(\C#N)c2nc3ccccc3s2)cc1C. The van der Waals surface area contributed by atoms with Gasteiger partial charge in [-0.2, -0.15) is 5.26 Å². The van der Waals surface area contributed by atoms with E-state index in [2.05, 4.69) is 37.0 Å². The van der Waals surface area contributed by atoms with Gasteiger partial charge in [0.2, 0.25) is 0 Å². The summed E-state index contributed by atoms with van der Waals surface area (Å²) in [5.41, 5.74) is 3.56. The molecule has 2 aromatic carbocycles. The number of aryl methyl sites for hydroxylation is 2. The molecule has 0 spiro atoms. The number of nitrogens with zero attached hydrogens (tertiary/aromatic N) is 2. The molecule has 0 unspecified atom stereocenters. The lowest BCUT2D eigenvalue weighted by Crippen LogP contribution is -1.93. The molecule has 0 aliphatic carbocycles. The predicted octanol–water partition coefficient (Wildman–Crippen LogP) is 5.50. The zero-order valence-electron chi connectivity index (χ0n) is 13.4. The highest BCUT2D eigenvalue weighted by molar-refractivity contribution is 7.99. The smallest absolute Gasteiger partial charge is 0.138 e. The second-order valence-electron chi connectivity index (χ2n) is 5.45. The normalized spacial score (nSPS) is 12.0. The Morgan fingerprint density at radius 2 is 2.00 bits per heavy atom. The summed E-state index contributed by atoms with van der Waals surface area (Å²) >= 11 is 2.94. The van der Waals surface area contributed by atoms with Gasteiger partial charge in [0, 0.05) is 4.90 Å². The van der Waals surface area contributed by atoms with Crippen molar-refractivity contribution in [1.82, 2.24) is 4.98 Å². The molecule has 0 aliphatic heterocycles. The molecule has 0 aliphatic rings. The van der Waals surface area contributed by atoms with Crippen LogP contribution in [-0.2, 0) is 0 Å². The van der Waals surface area contributed by atoms with Crippen LogP contribution in [0.3, 0.4) is 0 Å². The number of fused-ring (bicyclic) bond motifs is 1. The molecule has 0 saturated heterocycles. The van der Waals surface area contributed by atoms with E-state index in [1.807, 2.05) is 30.3 Å². The van der Waals surface area contributed by atoms with Crippen LogP contribution < -0.4 is 0 Å². The molecule has 0 atom stereocenters. The number of para-hydroxylation sites is 1. The fraction of sp³-hybridized carbons (Fsp3) is 0.158. The third-order valence-electron chi connectivity index (χ3n) is 3.76. The highest BCUT2D eigenvalue weighted by Crippen LogP contribution is 2.30. The first-order valence-corrected chi connectivity index (χ1v) is 9.27. The van der Waals surface area contributed by atoms with Gasteiger partial charge >= 0.3 is 0 Å². The second kappa shape index (κ2) is 7.08. The van der Waals surface area contributed by atoms with Crippen molar-refractivity contribution in [3.63, 3.8) is 0 Å². The molecule has 0 bridgehead atoms. The van der Waals surface area contributed by atoms with Gasteiger partial charge in [-0.3, -0.25) is 0 Å². The third kappa shape index (κ3) is 3.45. The summed E-state index contributed by atoms with van der Waals surface area (Å²) in [7, 11) is 0. The topological polar surface area (TPSA) is 56.9 Å². The molecular formula is C19H16N2OS2. The van der Waals surface area contributed by atoms with E-state index in [1.54, 1.807) is 0 Å². The molecule has 3 rings (SSSR count). The number of aliphatic hydroxyl groups excluding tert-OH is 1. The lowest BCUT2D eigenvalue weighted by Gasteiger charge is -2.05. The first-order chi connectivity index (χ1) is 11.6. The summed E-state index contributed by atoms with van der Waals surface area (Å²) in [5, 5.41) is 20.4. The zero-order chi connectivity index (χ0) is 17.1. The van der Waals surface area contributed by atoms with Gasteiger partial charge in [-0.05, 0) is 49.2 Å². The van der Waals surface area contributed by atoms with Crippen molar-refractivity contribution in [3.05, 3.63) is 64.4 Å². The number of thiazole rings is 1. The summed E-state index contributed by atoms with van der Waals surface area (Å²) < 4.78 is 1.01. The summed E-state index contributed by atoms with van der Waals surface area (Å²) in [4.78, 5) is 5.53. The number of thioether (sulfide) groups is 1. The summed E-state index contributed by atoms with van der Waals surface area (Å²) in [6.07, 6.45) is 0. The Hall–Kier alpha value is -2.29. The van der Waals surface area contributed by atoms with Crippen molar-refractivity contribution in [1.29, 1.82) is 5.26 Å². The fourth-order valence-electron chi connectivity index (χ4n) is 2.24. The molecular weight excluding hydrogens is 336 g/mol. The van der Waals surface area contributed by atoms with Crippen molar-refractivity contribution < 1.29 is 5.11 Å². The van der Waals surface area contributed by atoms with Gasteiger partial charge in [-0.25, -0.2) is 4.98 Å². The maximum absolute atomic E-state index is 10.4.